The van der Waals surface area contributed by atoms with Crippen molar-refractivity contribution in [2.24, 2.45) is 10.3 Å². The van der Waals surface area contributed by atoms with Gasteiger partial charge < -0.3 is 0 Å². The third kappa shape index (κ3) is 3.39. The van der Waals surface area contributed by atoms with Crippen molar-refractivity contribution >= 4 is 5.69 Å². The van der Waals surface area contributed by atoms with Crippen LogP contribution >= 0.6 is 0 Å². The zero-order valence-electron chi connectivity index (χ0n) is 8.43. The first-order valence-electron chi connectivity index (χ1n) is 4.69. The highest BCUT2D eigenvalue weighted by Crippen LogP contribution is 2.10. The molecule has 1 aromatic carbocycles. The monoisotopic (exact) mass is 189 g/mol. The van der Waals surface area contributed by atoms with Crippen molar-refractivity contribution in [3.05, 3.63) is 43.0 Å². The average Bonchev–Trinajstić information content (AvgIpc) is 2.25. The first-order chi connectivity index (χ1) is 6.86. The van der Waals surface area contributed by atoms with Crippen molar-refractivity contribution in [2.45, 2.75) is 6.92 Å². The van der Waals surface area contributed by atoms with Gasteiger partial charge in [-0.25, -0.2) is 0 Å². The van der Waals surface area contributed by atoms with E-state index in [1.807, 2.05) is 48.3 Å². The summed E-state index contributed by atoms with van der Waals surface area (Å²) in [6.45, 7) is 7.26. The molecule has 0 radical (unpaired) electrons. The maximum absolute atomic E-state index is 4.10. The fourth-order valence-electron chi connectivity index (χ4n) is 0.987. The second-order valence-electron chi connectivity index (χ2n) is 2.82. The third-order valence-corrected chi connectivity index (χ3v) is 1.75. The van der Waals surface area contributed by atoms with Crippen LogP contribution in [-0.2, 0) is 0 Å². The van der Waals surface area contributed by atoms with Gasteiger partial charge in [-0.15, -0.1) is 11.7 Å². The molecule has 0 amide bonds. The lowest BCUT2D eigenvalue weighted by Crippen LogP contribution is -2.15. The number of hydrogen-bond donors (Lipinski definition) is 0. The molecule has 0 aliphatic rings. The molecule has 0 N–H and O–H groups in total. The first kappa shape index (κ1) is 10.4. The summed E-state index contributed by atoms with van der Waals surface area (Å²) in [4.78, 5) is 0. The van der Waals surface area contributed by atoms with Crippen LogP contribution in [0.25, 0.3) is 0 Å². The Kier molecular flexibility index (Phi) is 4.41. The van der Waals surface area contributed by atoms with E-state index in [1.165, 1.54) is 0 Å². The van der Waals surface area contributed by atoms with Gasteiger partial charge in [0.1, 0.15) is 0 Å². The zero-order chi connectivity index (χ0) is 10.2. The lowest BCUT2D eigenvalue weighted by Gasteiger charge is -2.11. The molecule has 0 unspecified atom stereocenters. The minimum absolute atomic E-state index is 0.729. The Morgan fingerprint density at radius 1 is 1.36 bits per heavy atom. The van der Waals surface area contributed by atoms with Crippen molar-refractivity contribution in [3.63, 3.8) is 0 Å². The normalized spacial score (nSPS) is 10.4. The number of rotatable bonds is 5. The standard InChI is InChI=1S/C11H15N3/c1-3-10-14(4-2)13-12-11-8-6-5-7-9-11/h3,5-9H,1,4,10H2,2H3. The van der Waals surface area contributed by atoms with E-state index in [0.717, 1.165) is 18.8 Å². The van der Waals surface area contributed by atoms with Crippen LogP contribution in [0.1, 0.15) is 6.92 Å². The van der Waals surface area contributed by atoms with Crippen LogP contribution in [0.15, 0.2) is 53.3 Å². The molecule has 74 valence electrons. The molecule has 0 saturated heterocycles. The highest BCUT2D eigenvalue weighted by Gasteiger charge is 1.92. The molecule has 0 atom stereocenters. The topological polar surface area (TPSA) is 28.0 Å². The Morgan fingerprint density at radius 3 is 2.64 bits per heavy atom. The second-order valence-corrected chi connectivity index (χ2v) is 2.82. The maximum atomic E-state index is 4.10. The van der Waals surface area contributed by atoms with E-state index >= 15 is 0 Å². The van der Waals surface area contributed by atoms with Gasteiger partial charge in [0.15, 0.2) is 0 Å². The maximum Gasteiger partial charge on any atom is 0.0874 e. The van der Waals surface area contributed by atoms with Gasteiger partial charge in [0, 0.05) is 6.54 Å². The Labute approximate surface area is 84.7 Å². The molecular formula is C11H15N3. The van der Waals surface area contributed by atoms with Gasteiger partial charge in [-0.05, 0) is 19.1 Å². The van der Waals surface area contributed by atoms with Crippen molar-refractivity contribution in [3.8, 4) is 0 Å². The Balaban J connectivity index is 2.57. The van der Waals surface area contributed by atoms with E-state index in [0.29, 0.717) is 0 Å². The number of likely N-dealkylation sites (N-methyl/N-ethyl adjacent to an activating group) is 1. The average molecular weight is 189 g/mol. The second kappa shape index (κ2) is 5.91. The van der Waals surface area contributed by atoms with Gasteiger partial charge in [-0.2, -0.15) is 0 Å². The largest absolute Gasteiger partial charge is 0.275 e. The summed E-state index contributed by atoms with van der Waals surface area (Å²) < 4.78 is 0. The fourth-order valence-corrected chi connectivity index (χ4v) is 0.987. The lowest BCUT2D eigenvalue weighted by atomic mass is 10.3. The molecule has 3 nitrogen and oxygen atoms in total. The van der Waals surface area contributed by atoms with Crippen molar-refractivity contribution in [1.29, 1.82) is 0 Å². The first-order valence-corrected chi connectivity index (χ1v) is 4.69. The van der Waals surface area contributed by atoms with E-state index in [9.17, 15) is 0 Å². The van der Waals surface area contributed by atoms with Crippen LogP contribution in [0, 0.1) is 0 Å². The molecule has 0 aliphatic carbocycles. The predicted octanol–water partition coefficient (Wildman–Crippen LogP) is 3.19. The SMILES string of the molecule is C=CCN(CC)N=Nc1ccccc1. The van der Waals surface area contributed by atoms with Crippen LogP contribution < -0.4 is 0 Å². The Morgan fingerprint density at radius 2 is 2.07 bits per heavy atom. The predicted molar refractivity (Wildman–Crippen MR) is 58.4 cm³/mol. The molecular weight excluding hydrogens is 174 g/mol. The number of benzene rings is 1. The van der Waals surface area contributed by atoms with Crippen LogP contribution in [0.4, 0.5) is 5.69 Å². The Hall–Kier alpha value is -1.64. The van der Waals surface area contributed by atoms with Crippen LogP contribution in [0.3, 0.4) is 0 Å². The summed E-state index contributed by atoms with van der Waals surface area (Å²) in [6.07, 6.45) is 1.81. The molecule has 14 heavy (non-hydrogen) atoms. The van der Waals surface area contributed by atoms with E-state index < -0.39 is 0 Å². The quantitative estimate of drug-likeness (QED) is 0.397. The number of nitrogens with zero attached hydrogens (tertiary/aromatic N) is 3. The van der Waals surface area contributed by atoms with Gasteiger partial charge in [-0.3, -0.25) is 5.01 Å². The molecule has 3 heteroatoms. The van der Waals surface area contributed by atoms with E-state index in [4.69, 9.17) is 0 Å². The third-order valence-electron chi connectivity index (χ3n) is 1.75. The van der Waals surface area contributed by atoms with Crippen molar-refractivity contribution in [2.75, 3.05) is 13.1 Å². The summed E-state index contributed by atoms with van der Waals surface area (Å²) in [6, 6.07) is 9.69. The van der Waals surface area contributed by atoms with E-state index in [2.05, 4.69) is 16.9 Å². The summed E-state index contributed by atoms with van der Waals surface area (Å²) in [5.74, 6) is 0. The van der Waals surface area contributed by atoms with Crippen molar-refractivity contribution < 1.29 is 0 Å². The van der Waals surface area contributed by atoms with Crippen molar-refractivity contribution in [1.82, 2.24) is 5.01 Å². The molecule has 1 rings (SSSR count). The summed E-state index contributed by atoms with van der Waals surface area (Å²) >= 11 is 0. The van der Waals surface area contributed by atoms with Gasteiger partial charge in [0.2, 0.25) is 0 Å². The smallest absolute Gasteiger partial charge is 0.0874 e. The Bertz CT molecular complexity index is 293. The summed E-state index contributed by atoms with van der Waals surface area (Å²) in [5.41, 5.74) is 0.870. The highest BCUT2D eigenvalue weighted by molar-refractivity contribution is 5.34. The molecule has 0 saturated carbocycles. The fraction of sp³-hybridized carbons (Fsp3) is 0.273. The van der Waals surface area contributed by atoms with Gasteiger partial charge in [-0.1, -0.05) is 29.5 Å². The minimum Gasteiger partial charge on any atom is -0.275 e. The van der Waals surface area contributed by atoms with Gasteiger partial charge in [0.25, 0.3) is 0 Å². The molecule has 0 bridgehead atoms. The summed E-state index contributed by atoms with van der Waals surface area (Å²) in [7, 11) is 0. The number of hydrogen-bond acceptors (Lipinski definition) is 2. The molecule has 0 fully saturated rings. The van der Waals surface area contributed by atoms with Gasteiger partial charge in [0.05, 0.1) is 12.2 Å². The van der Waals surface area contributed by atoms with Crippen LogP contribution in [0.2, 0.25) is 0 Å². The van der Waals surface area contributed by atoms with Crippen LogP contribution in [0.5, 0.6) is 0 Å². The lowest BCUT2D eigenvalue weighted by molar-refractivity contribution is 0.316. The van der Waals surface area contributed by atoms with E-state index in [1.54, 1.807) is 0 Å². The van der Waals surface area contributed by atoms with Crippen LogP contribution in [-0.4, -0.2) is 18.1 Å². The molecule has 0 aromatic heterocycles. The highest BCUT2D eigenvalue weighted by atomic mass is 15.5. The van der Waals surface area contributed by atoms with Gasteiger partial charge >= 0.3 is 0 Å². The molecule has 1 aromatic rings. The molecule has 0 spiro atoms. The minimum atomic E-state index is 0.729. The molecule has 0 aliphatic heterocycles. The van der Waals surface area contributed by atoms with E-state index in [-0.39, 0.29) is 0 Å². The molecule has 0 heterocycles. The zero-order valence-corrected chi connectivity index (χ0v) is 8.43. The summed E-state index contributed by atoms with van der Waals surface area (Å²) in [5, 5.41) is 10.0.